The zero-order valence-corrected chi connectivity index (χ0v) is 9.68. The van der Waals surface area contributed by atoms with Gasteiger partial charge in [0.25, 0.3) is 0 Å². The Morgan fingerprint density at radius 2 is 2.29 bits per heavy atom. The number of furan rings is 1. The SMILES string of the molecule is CC1SCCSC1C(O)c1ccco1. The Morgan fingerprint density at radius 3 is 2.93 bits per heavy atom. The van der Waals surface area contributed by atoms with Crippen molar-refractivity contribution in [2.45, 2.75) is 23.5 Å². The van der Waals surface area contributed by atoms with Gasteiger partial charge in [0.05, 0.1) is 6.26 Å². The molecule has 1 fully saturated rings. The molecule has 1 N–H and O–H groups in total. The topological polar surface area (TPSA) is 33.4 Å². The maximum absolute atomic E-state index is 10.1. The smallest absolute Gasteiger partial charge is 0.133 e. The van der Waals surface area contributed by atoms with E-state index in [1.54, 1.807) is 6.26 Å². The summed E-state index contributed by atoms with van der Waals surface area (Å²) in [4.78, 5) is 0. The summed E-state index contributed by atoms with van der Waals surface area (Å²) in [6, 6.07) is 3.67. The van der Waals surface area contributed by atoms with E-state index in [0.29, 0.717) is 11.0 Å². The Balaban J connectivity index is 2.06. The van der Waals surface area contributed by atoms with Crippen LogP contribution in [0.5, 0.6) is 0 Å². The molecule has 3 unspecified atom stereocenters. The number of rotatable bonds is 2. The highest BCUT2D eigenvalue weighted by Gasteiger charge is 2.31. The molecule has 0 radical (unpaired) electrons. The summed E-state index contributed by atoms with van der Waals surface area (Å²) in [5.74, 6) is 3.00. The van der Waals surface area contributed by atoms with Gasteiger partial charge >= 0.3 is 0 Å². The summed E-state index contributed by atoms with van der Waals surface area (Å²) >= 11 is 3.78. The number of aliphatic hydroxyl groups is 1. The summed E-state index contributed by atoms with van der Waals surface area (Å²) in [7, 11) is 0. The van der Waals surface area contributed by atoms with Crippen LogP contribution in [-0.4, -0.2) is 27.1 Å². The molecule has 3 atom stereocenters. The van der Waals surface area contributed by atoms with Crippen molar-refractivity contribution in [3.8, 4) is 0 Å². The van der Waals surface area contributed by atoms with Crippen LogP contribution < -0.4 is 0 Å². The second kappa shape index (κ2) is 4.64. The fourth-order valence-electron chi connectivity index (χ4n) is 1.62. The fourth-order valence-corrected chi connectivity index (χ4v) is 4.43. The van der Waals surface area contributed by atoms with Gasteiger partial charge in [-0.25, -0.2) is 0 Å². The third-order valence-corrected chi connectivity index (χ3v) is 5.56. The van der Waals surface area contributed by atoms with Crippen molar-refractivity contribution in [2.75, 3.05) is 11.5 Å². The van der Waals surface area contributed by atoms with Crippen molar-refractivity contribution < 1.29 is 9.52 Å². The second-order valence-corrected chi connectivity index (χ2v) is 6.14. The monoisotopic (exact) mass is 230 g/mol. The van der Waals surface area contributed by atoms with Gasteiger partial charge in [-0.1, -0.05) is 6.92 Å². The van der Waals surface area contributed by atoms with Crippen molar-refractivity contribution in [1.29, 1.82) is 0 Å². The molecule has 14 heavy (non-hydrogen) atoms. The van der Waals surface area contributed by atoms with Crippen LogP contribution in [0.1, 0.15) is 18.8 Å². The van der Waals surface area contributed by atoms with E-state index < -0.39 is 6.10 Å². The van der Waals surface area contributed by atoms with Crippen molar-refractivity contribution in [3.63, 3.8) is 0 Å². The predicted molar refractivity (Wildman–Crippen MR) is 61.8 cm³/mol. The first kappa shape index (κ1) is 10.5. The Kier molecular flexibility index (Phi) is 3.47. The normalized spacial score (nSPS) is 30.1. The van der Waals surface area contributed by atoms with Gasteiger partial charge in [-0.15, -0.1) is 0 Å². The molecule has 2 nitrogen and oxygen atoms in total. The Morgan fingerprint density at radius 1 is 1.50 bits per heavy atom. The zero-order chi connectivity index (χ0) is 9.97. The van der Waals surface area contributed by atoms with Gasteiger partial charge in [0.15, 0.2) is 0 Å². The molecule has 0 aliphatic carbocycles. The van der Waals surface area contributed by atoms with Crippen molar-refractivity contribution in [2.24, 2.45) is 0 Å². The molecule has 1 aromatic heterocycles. The van der Waals surface area contributed by atoms with Crippen LogP contribution in [0.15, 0.2) is 22.8 Å². The fraction of sp³-hybridized carbons (Fsp3) is 0.600. The Bertz CT molecular complexity index is 274. The van der Waals surface area contributed by atoms with Gasteiger partial charge in [0.2, 0.25) is 0 Å². The number of hydrogen-bond donors (Lipinski definition) is 1. The van der Waals surface area contributed by atoms with Crippen LogP contribution >= 0.6 is 23.5 Å². The lowest BCUT2D eigenvalue weighted by molar-refractivity contribution is 0.146. The molecule has 0 bridgehead atoms. The van der Waals surface area contributed by atoms with Gasteiger partial charge in [-0.2, -0.15) is 23.5 Å². The van der Waals surface area contributed by atoms with E-state index in [-0.39, 0.29) is 5.25 Å². The minimum absolute atomic E-state index is 0.264. The van der Waals surface area contributed by atoms with Gasteiger partial charge < -0.3 is 9.52 Å². The van der Waals surface area contributed by atoms with Gasteiger partial charge in [0.1, 0.15) is 11.9 Å². The lowest BCUT2D eigenvalue weighted by Crippen LogP contribution is -2.29. The molecular formula is C10H14O2S2. The molecule has 78 valence electrons. The summed E-state index contributed by atoms with van der Waals surface area (Å²) in [5, 5.41) is 10.8. The molecule has 1 aliphatic rings. The van der Waals surface area contributed by atoms with Crippen molar-refractivity contribution in [3.05, 3.63) is 24.2 Å². The molecule has 4 heteroatoms. The first-order valence-electron chi connectivity index (χ1n) is 4.73. The van der Waals surface area contributed by atoms with E-state index in [4.69, 9.17) is 4.42 Å². The van der Waals surface area contributed by atoms with Gasteiger partial charge in [0, 0.05) is 22.0 Å². The summed E-state index contributed by atoms with van der Waals surface area (Å²) in [6.45, 7) is 2.17. The van der Waals surface area contributed by atoms with Crippen LogP contribution in [0.4, 0.5) is 0 Å². The summed E-state index contributed by atoms with van der Waals surface area (Å²) in [5.41, 5.74) is 0. The van der Waals surface area contributed by atoms with E-state index in [0.717, 1.165) is 5.75 Å². The molecule has 0 amide bonds. The third kappa shape index (κ3) is 2.12. The quantitative estimate of drug-likeness (QED) is 0.846. The predicted octanol–water partition coefficient (Wildman–Crippen LogP) is 2.55. The summed E-state index contributed by atoms with van der Waals surface area (Å²) in [6.07, 6.45) is 1.15. The molecule has 0 spiro atoms. The molecular weight excluding hydrogens is 216 g/mol. The summed E-state index contributed by atoms with van der Waals surface area (Å²) < 4.78 is 5.22. The molecule has 1 saturated heterocycles. The van der Waals surface area contributed by atoms with Crippen LogP contribution in [0.25, 0.3) is 0 Å². The first-order chi connectivity index (χ1) is 6.79. The number of thioether (sulfide) groups is 2. The second-order valence-electron chi connectivity index (χ2n) is 3.37. The maximum Gasteiger partial charge on any atom is 0.133 e. The highest BCUT2D eigenvalue weighted by molar-refractivity contribution is 8.07. The number of aliphatic hydroxyl groups excluding tert-OH is 1. The highest BCUT2D eigenvalue weighted by Crippen LogP contribution is 2.38. The number of hydrogen-bond acceptors (Lipinski definition) is 4. The van der Waals surface area contributed by atoms with Crippen LogP contribution in [0.3, 0.4) is 0 Å². The molecule has 1 aromatic rings. The van der Waals surface area contributed by atoms with E-state index >= 15 is 0 Å². The largest absolute Gasteiger partial charge is 0.467 e. The molecule has 2 heterocycles. The highest BCUT2D eigenvalue weighted by atomic mass is 32.2. The maximum atomic E-state index is 10.1. The lowest BCUT2D eigenvalue weighted by Gasteiger charge is -2.30. The molecule has 2 rings (SSSR count). The zero-order valence-electron chi connectivity index (χ0n) is 8.05. The van der Waals surface area contributed by atoms with Crippen molar-refractivity contribution >= 4 is 23.5 Å². The standard InChI is InChI=1S/C10H14O2S2/c1-7-10(14-6-5-13-7)9(11)8-3-2-4-12-8/h2-4,7,9-11H,5-6H2,1H3. The van der Waals surface area contributed by atoms with E-state index in [1.165, 1.54) is 5.75 Å². The lowest BCUT2D eigenvalue weighted by atomic mass is 10.1. The average Bonchev–Trinajstić information content (AvgIpc) is 2.70. The minimum atomic E-state index is -0.460. The van der Waals surface area contributed by atoms with E-state index in [2.05, 4.69) is 6.92 Å². The first-order valence-corrected chi connectivity index (χ1v) is 6.83. The van der Waals surface area contributed by atoms with Crippen LogP contribution in [0.2, 0.25) is 0 Å². The van der Waals surface area contributed by atoms with Crippen LogP contribution in [-0.2, 0) is 0 Å². The van der Waals surface area contributed by atoms with E-state index in [9.17, 15) is 5.11 Å². The Hall–Kier alpha value is -0.0600. The molecule has 1 aliphatic heterocycles. The molecule has 0 saturated carbocycles. The van der Waals surface area contributed by atoms with Crippen molar-refractivity contribution in [1.82, 2.24) is 0 Å². The van der Waals surface area contributed by atoms with Gasteiger partial charge in [-0.05, 0) is 12.1 Å². The van der Waals surface area contributed by atoms with Crippen LogP contribution in [0, 0.1) is 0 Å². The van der Waals surface area contributed by atoms with Gasteiger partial charge in [-0.3, -0.25) is 0 Å². The van der Waals surface area contributed by atoms with E-state index in [1.807, 2.05) is 35.7 Å². The molecule has 0 aromatic carbocycles. The third-order valence-electron chi connectivity index (χ3n) is 2.38. The Labute approximate surface area is 92.5 Å². The minimum Gasteiger partial charge on any atom is -0.467 e. The average molecular weight is 230 g/mol.